The molecule has 5 rings (SSSR count). The summed E-state index contributed by atoms with van der Waals surface area (Å²) in [6.45, 7) is 12.7. The average molecular weight is 458 g/mol. The summed E-state index contributed by atoms with van der Waals surface area (Å²) in [4.78, 5) is 27.5. The number of nitrogens with zero attached hydrogens (tertiary/aromatic N) is 1. The Morgan fingerprint density at radius 1 is 0.970 bits per heavy atom. The van der Waals surface area contributed by atoms with E-state index < -0.39 is 0 Å². The lowest BCUT2D eigenvalue weighted by Crippen LogP contribution is -2.54. The van der Waals surface area contributed by atoms with E-state index in [2.05, 4.69) is 32.6 Å². The Morgan fingerprint density at radius 2 is 1.70 bits per heavy atom. The number of esters is 1. The van der Waals surface area contributed by atoms with Gasteiger partial charge in [-0.1, -0.05) is 27.7 Å². The van der Waals surface area contributed by atoms with Crippen molar-refractivity contribution in [3.8, 4) is 0 Å². The third kappa shape index (κ3) is 4.32. The van der Waals surface area contributed by atoms with Crippen LogP contribution in [0.4, 0.5) is 0 Å². The van der Waals surface area contributed by atoms with E-state index in [-0.39, 0.29) is 17.5 Å². The second-order valence-electron chi connectivity index (χ2n) is 13.5. The topological polar surface area (TPSA) is 46.6 Å². The number of ketones is 1. The molecule has 4 aliphatic carbocycles. The number of ether oxygens (including phenoxy) is 1. The summed E-state index contributed by atoms with van der Waals surface area (Å²) in [5.41, 5.74) is 0.508. The van der Waals surface area contributed by atoms with Crippen molar-refractivity contribution >= 4 is 11.8 Å². The highest BCUT2D eigenvalue weighted by Gasteiger charge is 2.61. The first-order valence-corrected chi connectivity index (χ1v) is 14.1. The molecular weight excluding hydrogens is 410 g/mol. The Balaban J connectivity index is 1.19. The van der Waals surface area contributed by atoms with Gasteiger partial charge in [0.15, 0.2) is 0 Å². The van der Waals surface area contributed by atoms with Gasteiger partial charge in [0.25, 0.3) is 0 Å². The van der Waals surface area contributed by atoms with Crippen LogP contribution >= 0.6 is 0 Å². The molecule has 1 saturated heterocycles. The maximum Gasteiger partial charge on any atom is 0.307 e. The predicted molar refractivity (Wildman–Crippen MR) is 131 cm³/mol. The van der Waals surface area contributed by atoms with Crippen molar-refractivity contribution in [2.45, 2.75) is 104 Å². The van der Waals surface area contributed by atoms with Crippen LogP contribution in [0, 0.1) is 46.3 Å². The van der Waals surface area contributed by atoms with Crippen LogP contribution in [0.2, 0.25) is 0 Å². The van der Waals surface area contributed by atoms with Crippen molar-refractivity contribution in [1.82, 2.24) is 4.90 Å². The van der Waals surface area contributed by atoms with Gasteiger partial charge in [-0.05, 0) is 92.3 Å². The van der Waals surface area contributed by atoms with Crippen LogP contribution in [0.1, 0.15) is 98.3 Å². The molecule has 5 fully saturated rings. The molecule has 4 heteroatoms. The number of fused-ring (bicyclic) bond motifs is 5. The molecule has 33 heavy (non-hydrogen) atoms. The number of rotatable bonds is 4. The molecule has 0 aromatic rings. The Morgan fingerprint density at radius 3 is 2.45 bits per heavy atom. The van der Waals surface area contributed by atoms with Crippen molar-refractivity contribution < 1.29 is 14.3 Å². The Hall–Kier alpha value is -0.900. The van der Waals surface area contributed by atoms with Gasteiger partial charge in [0.2, 0.25) is 0 Å². The van der Waals surface area contributed by atoms with Gasteiger partial charge in [-0.3, -0.25) is 9.59 Å². The standard InChI is InChI=1S/C29H47NO3/c1-19-15-20(2)18-30(17-19)14-11-27(32)33-26-8-7-24-23-6-5-21-16-22(31)9-12-28(21,3)25(23)10-13-29(24,26)4/h19-21,23-26H,5-18H2,1-4H3/t19-,20+,21-,23-,24-,25-,26-,28-,29-/m0/s1. The molecule has 5 aliphatic rings. The fraction of sp³-hybridized carbons (Fsp3) is 0.931. The molecule has 186 valence electrons. The highest BCUT2D eigenvalue weighted by atomic mass is 16.5. The van der Waals surface area contributed by atoms with E-state index in [1.54, 1.807) is 0 Å². The summed E-state index contributed by atoms with van der Waals surface area (Å²) in [5.74, 6) is 4.81. The minimum atomic E-state index is 0.0244. The van der Waals surface area contributed by atoms with E-state index in [9.17, 15) is 9.59 Å². The first-order valence-electron chi connectivity index (χ1n) is 14.1. The molecule has 0 bridgehead atoms. The van der Waals surface area contributed by atoms with Gasteiger partial charge < -0.3 is 9.64 Å². The van der Waals surface area contributed by atoms with Gasteiger partial charge in [0.1, 0.15) is 11.9 Å². The highest BCUT2D eigenvalue weighted by molar-refractivity contribution is 5.79. The number of Topliss-reactive ketones (excluding diaryl/α,β-unsaturated/α-hetero) is 1. The zero-order chi connectivity index (χ0) is 23.4. The maximum atomic E-state index is 12.9. The van der Waals surface area contributed by atoms with Crippen LogP contribution in [-0.2, 0) is 14.3 Å². The van der Waals surface area contributed by atoms with Crippen LogP contribution in [-0.4, -0.2) is 42.4 Å². The van der Waals surface area contributed by atoms with E-state index in [0.29, 0.717) is 29.5 Å². The number of hydrogen-bond acceptors (Lipinski definition) is 4. The minimum absolute atomic E-state index is 0.0244. The zero-order valence-electron chi connectivity index (χ0n) is 21.6. The molecule has 4 saturated carbocycles. The summed E-state index contributed by atoms with van der Waals surface area (Å²) >= 11 is 0. The quantitative estimate of drug-likeness (QED) is 0.495. The van der Waals surface area contributed by atoms with Gasteiger partial charge in [-0.2, -0.15) is 0 Å². The number of hydrogen-bond donors (Lipinski definition) is 0. The molecule has 0 amide bonds. The Kier molecular flexibility index (Phi) is 6.46. The molecule has 0 unspecified atom stereocenters. The normalized spacial score (nSPS) is 48.0. The van der Waals surface area contributed by atoms with Crippen LogP contribution < -0.4 is 0 Å². The molecule has 0 aromatic heterocycles. The zero-order valence-corrected chi connectivity index (χ0v) is 21.6. The maximum absolute atomic E-state index is 12.9. The van der Waals surface area contributed by atoms with Crippen molar-refractivity contribution in [2.24, 2.45) is 46.3 Å². The molecular formula is C29H47NO3. The van der Waals surface area contributed by atoms with Crippen molar-refractivity contribution in [3.63, 3.8) is 0 Å². The molecule has 0 aromatic carbocycles. The summed E-state index contributed by atoms with van der Waals surface area (Å²) < 4.78 is 6.24. The van der Waals surface area contributed by atoms with E-state index >= 15 is 0 Å². The largest absolute Gasteiger partial charge is 0.462 e. The highest BCUT2D eigenvalue weighted by Crippen LogP contribution is 2.66. The van der Waals surface area contributed by atoms with Crippen LogP contribution in [0.15, 0.2) is 0 Å². The van der Waals surface area contributed by atoms with Crippen molar-refractivity contribution in [2.75, 3.05) is 19.6 Å². The first kappa shape index (κ1) is 23.8. The van der Waals surface area contributed by atoms with Crippen LogP contribution in [0.5, 0.6) is 0 Å². The number of piperidine rings is 1. The third-order valence-electron chi connectivity index (χ3n) is 11.2. The third-order valence-corrected chi connectivity index (χ3v) is 11.2. The van der Waals surface area contributed by atoms with Crippen LogP contribution in [0.25, 0.3) is 0 Å². The second kappa shape index (κ2) is 8.95. The second-order valence-corrected chi connectivity index (χ2v) is 13.5. The van der Waals surface area contributed by atoms with E-state index in [0.717, 1.165) is 69.0 Å². The lowest BCUT2D eigenvalue weighted by atomic mass is 9.45. The Bertz CT molecular complexity index is 756. The predicted octanol–water partition coefficient (Wildman–Crippen LogP) is 5.88. The van der Waals surface area contributed by atoms with E-state index in [1.807, 2.05) is 0 Å². The van der Waals surface area contributed by atoms with Crippen molar-refractivity contribution in [3.05, 3.63) is 0 Å². The molecule has 1 aliphatic heterocycles. The molecule has 0 N–H and O–H groups in total. The number of carbonyl (C=O) groups is 2. The van der Waals surface area contributed by atoms with E-state index in [1.165, 1.54) is 38.5 Å². The number of likely N-dealkylation sites (tertiary alicyclic amines) is 1. The molecule has 4 nitrogen and oxygen atoms in total. The summed E-state index contributed by atoms with van der Waals surface area (Å²) in [7, 11) is 0. The lowest BCUT2D eigenvalue weighted by molar-refractivity contribution is -0.164. The molecule has 0 radical (unpaired) electrons. The van der Waals surface area contributed by atoms with Crippen LogP contribution in [0.3, 0.4) is 0 Å². The fourth-order valence-electron chi connectivity index (χ4n) is 9.63. The fourth-order valence-corrected chi connectivity index (χ4v) is 9.63. The lowest BCUT2D eigenvalue weighted by Gasteiger charge is -2.60. The van der Waals surface area contributed by atoms with Gasteiger partial charge in [0.05, 0.1) is 6.42 Å². The molecule has 9 atom stereocenters. The van der Waals surface area contributed by atoms with E-state index in [4.69, 9.17) is 4.74 Å². The van der Waals surface area contributed by atoms with Crippen molar-refractivity contribution in [1.29, 1.82) is 0 Å². The summed E-state index contributed by atoms with van der Waals surface area (Å²) in [6, 6.07) is 0. The number of carbonyl (C=O) groups excluding carboxylic acids is 2. The average Bonchev–Trinajstić information content (AvgIpc) is 3.08. The van der Waals surface area contributed by atoms with Gasteiger partial charge >= 0.3 is 5.97 Å². The molecule has 1 heterocycles. The Labute approximate surface area is 201 Å². The monoisotopic (exact) mass is 457 g/mol. The van der Waals surface area contributed by atoms with Gasteiger partial charge in [-0.25, -0.2) is 0 Å². The molecule has 0 spiro atoms. The SMILES string of the molecule is C[C@@H]1C[C@H](C)CN(CCC(=O)O[C@H]2CC[C@H]3[C@@H]4CC[C@H]5CC(=O)CC[C@]5(C)[C@H]4CC[C@]23C)C1. The minimum Gasteiger partial charge on any atom is -0.462 e. The first-order chi connectivity index (χ1) is 15.7. The summed E-state index contributed by atoms with van der Waals surface area (Å²) in [5, 5.41) is 0. The summed E-state index contributed by atoms with van der Waals surface area (Å²) in [6.07, 6.45) is 11.9. The van der Waals surface area contributed by atoms with Gasteiger partial charge in [-0.15, -0.1) is 0 Å². The smallest absolute Gasteiger partial charge is 0.307 e. The van der Waals surface area contributed by atoms with Gasteiger partial charge in [0, 0.05) is 37.9 Å².